The monoisotopic (exact) mass is 567 g/mol. The zero-order valence-corrected chi connectivity index (χ0v) is 21.9. The maximum atomic E-state index is 5.79. The van der Waals surface area contributed by atoms with Crippen molar-refractivity contribution in [1.29, 1.82) is 0 Å². The Morgan fingerprint density at radius 2 is 1.88 bits per heavy atom. The summed E-state index contributed by atoms with van der Waals surface area (Å²) in [7, 11) is 5.15. The first-order valence-electron chi connectivity index (χ1n) is 11.2. The van der Waals surface area contributed by atoms with Crippen molar-refractivity contribution in [1.82, 2.24) is 15.6 Å². The molecule has 1 aromatic carbocycles. The number of aliphatic imine (C=N–C) groups is 1. The van der Waals surface area contributed by atoms with Crippen LogP contribution in [0.3, 0.4) is 0 Å². The lowest BCUT2D eigenvalue weighted by atomic mass is 10.2. The Kier molecular flexibility index (Phi) is 9.28. The average Bonchev–Trinajstić information content (AvgIpc) is 3.55. The van der Waals surface area contributed by atoms with Gasteiger partial charge >= 0.3 is 0 Å². The molecule has 4 rings (SSSR count). The fourth-order valence-electron chi connectivity index (χ4n) is 3.79. The molecule has 0 bridgehead atoms. The smallest absolute Gasteiger partial charge is 0.213 e. The number of pyridine rings is 1. The molecule has 2 aliphatic rings. The standard InChI is InChI=1S/C24H33N5O3.HI/c1-25-24(27-14-18-6-8-26-23(10-18)32-16-17-4-5-17)28-19-7-9-29(15-19)20-11-21(30-2)13-22(12-20)31-3;/h6,8,10-13,17,19H,4-5,7,9,14-16H2,1-3H3,(H2,25,27,28);1H. The minimum absolute atomic E-state index is 0. The van der Waals surface area contributed by atoms with Crippen molar-refractivity contribution in [2.75, 3.05) is 45.9 Å². The number of anilines is 1. The lowest BCUT2D eigenvalue weighted by Crippen LogP contribution is -2.44. The fourth-order valence-corrected chi connectivity index (χ4v) is 3.79. The zero-order valence-electron chi connectivity index (χ0n) is 19.5. The predicted molar refractivity (Wildman–Crippen MR) is 141 cm³/mol. The van der Waals surface area contributed by atoms with E-state index in [0.29, 0.717) is 24.4 Å². The Labute approximate surface area is 213 Å². The molecule has 1 saturated heterocycles. The number of aromatic nitrogens is 1. The van der Waals surface area contributed by atoms with Crippen LogP contribution in [0.5, 0.6) is 17.4 Å². The Morgan fingerprint density at radius 1 is 1.12 bits per heavy atom. The number of guanidine groups is 1. The van der Waals surface area contributed by atoms with Gasteiger partial charge < -0.3 is 29.7 Å². The summed E-state index contributed by atoms with van der Waals surface area (Å²) in [5, 5.41) is 6.95. The maximum Gasteiger partial charge on any atom is 0.213 e. The number of hydrogen-bond acceptors (Lipinski definition) is 6. The Balaban J connectivity index is 0.00000306. The van der Waals surface area contributed by atoms with Gasteiger partial charge in [0.05, 0.1) is 20.8 Å². The average molecular weight is 567 g/mol. The fraction of sp³-hybridized carbons (Fsp3) is 0.500. The van der Waals surface area contributed by atoms with Gasteiger partial charge in [-0.2, -0.15) is 0 Å². The topological polar surface area (TPSA) is 80.2 Å². The minimum atomic E-state index is 0. The number of halogens is 1. The van der Waals surface area contributed by atoms with Crippen molar-refractivity contribution in [3.05, 3.63) is 42.1 Å². The van der Waals surface area contributed by atoms with E-state index in [1.54, 1.807) is 27.5 Å². The molecule has 0 radical (unpaired) electrons. The molecule has 180 valence electrons. The van der Waals surface area contributed by atoms with Gasteiger partial charge in [0.25, 0.3) is 0 Å². The third-order valence-electron chi connectivity index (χ3n) is 5.88. The number of benzene rings is 1. The van der Waals surface area contributed by atoms with Gasteiger partial charge in [0.1, 0.15) is 11.5 Å². The molecule has 9 heteroatoms. The van der Waals surface area contributed by atoms with Crippen LogP contribution in [-0.2, 0) is 6.54 Å². The van der Waals surface area contributed by atoms with Gasteiger partial charge in [-0.1, -0.05) is 0 Å². The number of ether oxygens (including phenoxy) is 3. The summed E-state index contributed by atoms with van der Waals surface area (Å²) >= 11 is 0. The van der Waals surface area contributed by atoms with Crippen molar-refractivity contribution < 1.29 is 14.2 Å². The molecule has 1 unspecified atom stereocenters. The van der Waals surface area contributed by atoms with E-state index in [-0.39, 0.29) is 24.0 Å². The van der Waals surface area contributed by atoms with E-state index in [1.165, 1.54) is 12.8 Å². The molecule has 2 N–H and O–H groups in total. The van der Waals surface area contributed by atoms with E-state index in [4.69, 9.17) is 14.2 Å². The quantitative estimate of drug-likeness (QED) is 0.273. The number of nitrogens with zero attached hydrogens (tertiary/aromatic N) is 3. The number of rotatable bonds is 9. The van der Waals surface area contributed by atoms with Crippen molar-refractivity contribution >= 4 is 35.6 Å². The Bertz CT molecular complexity index is 916. The van der Waals surface area contributed by atoms with Crippen LogP contribution in [0.25, 0.3) is 0 Å². The van der Waals surface area contributed by atoms with E-state index in [2.05, 4.69) is 25.5 Å². The molecule has 0 amide bonds. The van der Waals surface area contributed by atoms with Gasteiger partial charge in [-0.3, -0.25) is 4.99 Å². The van der Waals surface area contributed by atoms with Crippen molar-refractivity contribution in [2.24, 2.45) is 10.9 Å². The van der Waals surface area contributed by atoms with Crippen molar-refractivity contribution in [2.45, 2.75) is 31.8 Å². The van der Waals surface area contributed by atoms with Crippen molar-refractivity contribution in [3.63, 3.8) is 0 Å². The Hall–Kier alpha value is -2.43. The third kappa shape index (κ3) is 7.28. The molecule has 1 saturated carbocycles. The van der Waals surface area contributed by atoms with Crippen LogP contribution in [0.4, 0.5) is 5.69 Å². The van der Waals surface area contributed by atoms with Crippen LogP contribution < -0.4 is 29.7 Å². The highest BCUT2D eigenvalue weighted by Gasteiger charge is 2.24. The van der Waals surface area contributed by atoms with Crippen LogP contribution in [0.15, 0.2) is 41.5 Å². The first-order chi connectivity index (χ1) is 15.7. The number of methoxy groups -OCH3 is 2. The summed E-state index contributed by atoms with van der Waals surface area (Å²) in [6.07, 6.45) is 5.36. The summed E-state index contributed by atoms with van der Waals surface area (Å²) in [6.45, 7) is 3.26. The molecule has 1 aliphatic carbocycles. The second-order valence-corrected chi connectivity index (χ2v) is 8.33. The van der Waals surface area contributed by atoms with Crippen LogP contribution in [-0.4, -0.2) is 57.9 Å². The molecule has 33 heavy (non-hydrogen) atoms. The van der Waals surface area contributed by atoms with E-state index in [0.717, 1.165) is 54.8 Å². The maximum absolute atomic E-state index is 5.79. The van der Waals surface area contributed by atoms with Gasteiger partial charge in [0.2, 0.25) is 5.88 Å². The second kappa shape index (κ2) is 12.2. The minimum Gasteiger partial charge on any atom is -0.497 e. The molecule has 1 atom stereocenters. The van der Waals surface area contributed by atoms with Gasteiger partial charge in [-0.15, -0.1) is 24.0 Å². The molecule has 1 aliphatic heterocycles. The molecule has 2 aromatic rings. The summed E-state index contributed by atoms with van der Waals surface area (Å²) in [5.41, 5.74) is 2.22. The number of hydrogen-bond donors (Lipinski definition) is 2. The van der Waals surface area contributed by atoms with E-state index < -0.39 is 0 Å². The molecular weight excluding hydrogens is 533 g/mol. The molecule has 2 fully saturated rings. The molecule has 0 spiro atoms. The lowest BCUT2D eigenvalue weighted by molar-refractivity contribution is 0.288. The summed E-state index contributed by atoms with van der Waals surface area (Å²) in [5.74, 6) is 3.79. The molecular formula is C24H34IN5O3. The van der Waals surface area contributed by atoms with E-state index in [9.17, 15) is 0 Å². The van der Waals surface area contributed by atoms with Crippen LogP contribution in [0, 0.1) is 5.92 Å². The highest BCUT2D eigenvalue weighted by Crippen LogP contribution is 2.31. The molecule has 2 heterocycles. The highest BCUT2D eigenvalue weighted by atomic mass is 127. The van der Waals surface area contributed by atoms with Crippen LogP contribution in [0.2, 0.25) is 0 Å². The third-order valence-corrected chi connectivity index (χ3v) is 5.88. The van der Waals surface area contributed by atoms with Gasteiger partial charge in [0, 0.05) is 68.9 Å². The first kappa shape index (κ1) is 25.2. The van der Waals surface area contributed by atoms with Crippen LogP contribution in [0.1, 0.15) is 24.8 Å². The first-order valence-corrected chi connectivity index (χ1v) is 11.2. The highest BCUT2D eigenvalue weighted by molar-refractivity contribution is 14.0. The zero-order chi connectivity index (χ0) is 22.3. The second-order valence-electron chi connectivity index (χ2n) is 8.33. The largest absolute Gasteiger partial charge is 0.497 e. The van der Waals surface area contributed by atoms with Crippen LogP contribution >= 0.6 is 24.0 Å². The van der Waals surface area contributed by atoms with E-state index >= 15 is 0 Å². The van der Waals surface area contributed by atoms with Crippen molar-refractivity contribution in [3.8, 4) is 17.4 Å². The molecule has 1 aromatic heterocycles. The van der Waals surface area contributed by atoms with Gasteiger partial charge in [-0.25, -0.2) is 4.98 Å². The summed E-state index contributed by atoms with van der Waals surface area (Å²) in [4.78, 5) is 11.0. The summed E-state index contributed by atoms with van der Waals surface area (Å²) < 4.78 is 16.6. The molecule has 8 nitrogen and oxygen atoms in total. The Morgan fingerprint density at radius 3 is 2.55 bits per heavy atom. The summed E-state index contributed by atoms with van der Waals surface area (Å²) in [6, 6.07) is 10.3. The van der Waals surface area contributed by atoms with E-state index in [1.807, 2.05) is 30.3 Å². The SMILES string of the molecule is CN=C(NCc1ccnc(OCC2CC2)c1)NC1CCN(c2cc(OC)cc(OC)c2)C1.I. The van der Waals surface area contributed by atoms with Gasteiger partial charge in [0.15, 0.2) is 5.96 Å². The predicted octanol–water partition coefficient (Wildman–Crippen LogP) is 3.45. The lowest BCUT2D eigenvalue weighted by Gasteiger charge is -2.21. The number of nitrogens with one attached hydrogen (secondary N) is 2. The van der Waals surface area contributed by atoms with Gasteiger partial charge in [-0.05, 0) is 36.8 Å². The normalized spacial score (nSPS) is 17.8.